The van der Waals surface area contributed by atoms with Crippen molar-refractivity contribution in [3.63, 3.8) is 0 Å². The summed E-state index contributed by atoms with van der Waals surface area (Å²) in [5.74, 6) is -0.0134. The first kappa shape index (κ1) is 18.7. The van der Waals surface area contributed by atoms with Gasteiger partial charge in [0.05, 0.1) is 28.6 Å². The van der Waals surface area contributed by atoms with Gasteiger partial charge >= 0.3 is 0 Å². The quantitative estimate of drug-likeness (QED) is 0.383. The maximum Gasteiger partial charge on any atom is 0.262 e. The number of benzene rings is 1. The third kappa shape index (κ3) is 3.34. The molecule has 0 saturated carbocycles. The number of nitrogens with zero attached hydrogens (tertiary/aromatic N) is 4. The highest BCUT2D eigenvalue weighted by molar-refractivity contribution is 7.99. The van der Waals surface area contributed by atoms with Crippen LogP contribution >= 0.6 is 34.8 Å². The van der Waals surface area contributed by atoms with Crippen LogP contribution in [0.1, 0.15) is 23.3 Å². The Morgan fingerprint density at radius 3 is 3.03 bits per heavy atom. The highest BCUT2D eigenvalue weighted by Gasteiger charge is 2.21. The van der Waals surface area contributed by atoms with E-state index in [9.17, 15) is 9.59 Å². The summed E-state index contributed by atoms with van der Waals surface area (Å²) in [6, 6.07) is 5.51. The van der Waals surface area contributed by atoms with Crippen LogP contribution < -0.4 is 10.9 Å². The summed E-state index contributed by atoms with van der Waals surface area (Å²) in [7, 11) is 1.73. The number of aromatic nitrogens is 4. The average molecular weight is 444 g/mol. The zero-order chi connectivity index (χ0) is 20.0. The molecule has 5 rings (SSSR count). The van der Waals surface area contributed by atoms with E-state index in [-0.39, 0.29) is 17.2 Å². The Morgan fingerprint density at radius 1 is 1.28 bits per heavy atom. The van der Waals surface area contributed by atoms with E-state index in [2.05, 4.69) is 14.1 Å². The van der Waals surface area contributed by atoms with Gasteiger partial charge in [0.25, 0.3) is 5.56 Å². The number of rotatable bonds is 4. The zero-order valence-corrected chi connectivity index (χ0v) is 18.0. The van der Waals surface area contributed by atoms with Crippen molar-refractivity contribution in [3.05, 3.63) is 39.0 Å². The van der Waals surface area contributed by atoms with Gasteiger partial charge in [0, 0.05) is 11.9 Å². The maximum atomic E-state index is 12.9. The Hall–Kier alpha value is -2.30. The van der Waals surface area contributed by atoms with Crippen molar-refractivity contribution in [2.75, 3.05) is 11.1 Å². The number of amides is 1. The molecule has 148 valence electrons. The second-order valence-corrected chi connectivity index (χ2v) is 9.48. The summed E-state index contributed by atoms with van der Waals surface area (Å²) in [6.07, 6.45) is 4.28. The number of fused-ring (bicyclic) bond motifs is 4. The Morgan fingerprint density at radius 2 is 2.14 bits per heavy atom. The highest BCUT2D eigenvalue weighted by Crippen LogP contribution is 2.34. The molecule has 1 aliphatic rings. The molecule has 4 aromatic rings. The van der Waals surface area contributed by atoms with Gasteiger partial charge in [-0.2, -0.15) is 8.75 Å². The SMILES string of the molecule is Cn1c(SCC(=O)Nc2cccc3nsnc23)nc2sc3c(c2c1=O)CCCC3. The standard InChI is InChI=1S/C19H17N5O2S3/c1-24-18(26)15-10-5-2-3-8-13(10)28-17(15)21-19(24)27-9-14(25)20-11-6-4-7-12-16(11)23-29-22-12/h4,6-7H,2-3,5,8-9H2,1H3,(H,20,25). The molecule has 0 radical (unpaired) electrons. The largest absolute Gasteiger partial charge is 0.323 e. The Balaban J connectivity index is 1.38. The summed E-state index contributed by atoms with van der Waals surface area (Å²) < 4.78 is 9.98. The number of thiophene rings is 1. The van der Waals surface area contributed by atoms with Crippen molar-refractivity contribution in [2.45, 2.75) is 30.8 Å². The highest BCUT2D eigenvalue weighted by atomic mass is 32.2. The number of carbonyl (C=O) groups is 1. The molecule has 10 heteroatoms. The summed E-state index contributed by atoms with van der Waals surface area (Å²) in [5.41, 5.74) is 3.26. The van der Waals surface area contributed by atoms with E-state index >= 15 is 0 Å². The Labute approximate surface area is 178 Å². The van der Waals surface area contributed by atoms with Crippen LogP contribution in [-0.2, 0) is 24.7 Å². The molecule has 0 atom stereocenters. The predicted molar refractivity (Wildman–Crippen MR) is 118 cm³/mol. The van der Waals surface area contributed by atoms with Crippen LogP contribution in [0.5, 0.6) is 0 Å². The normalized spacial score (nSPS) is 13.7. The molecule has 0 aliphatic heterocycles. The van der Waals surface area contributed by atoms with Crippen molar-refractivity contribution < 1.29 is 4.79 Å². The average Bonchev–Trinajstić information content (AvgIpc) is 3.34. The van der Waals surface area contributed by atoms with Crippen LogP contribution in [-0.4, -0.2) is 30.0 Å². The second-order valence-electron chi connectivity index (χ2n) is 6.92. The van der Waals surface area contributed by atoms with Crippen molar-refractivity contribution >= 4 is 67.7 Å². The van der Waals surface area contributed by atoms with Gasteiger partial charge in [0.2, 0.25) is 5.91 Å². The van der Waals surface area contributed by atoms with Crippen LogP contribution in [0.25, 0.3) is 21.3 Å². The van der Waals surface area contributed by atoms with Crippen molar-refractivity contribution in [1.29, 1.82) is 0 Å². The molecule has 1 aliphatic carbocycles. The number of anilines is 1. The summed E-state index contributed by atoms with van der Waals surface area (Å²) in [4.78, 5) is 32.2. The number of hydrogen-bond donors (Lipinski definition) is 1. The first-order valence-corrected chi connectivity index (χ1v) is 11.8. The van der Waals surface area contributed by atoms with E-state index in [1.165, 1.54) is 28.6 Å². The van der Waals surface area contributed by atoms with Gasteiger partial charge in [-0.3, -0.25) is 14.2 Å². The fourth-order valence-corrected chi connectivity index (χ4v) is 6.24. The molecule has 1 aromatic carbocycles. The predicted octanol–water partition coefficient (Wildman–Crippen LogP) is 3.61. The van der Waals surface area contributed by atoms with Crippen molar-refractivity contribution in [3.8, 4) is 0 Å². The molecule has 1 N–H and O–H groups in total. The van der Waals surface area contributed by atoms with Gasteiger partial charge < -0.3 is 5.32 Å². The minimum atomic E-state index is -0.171. The molecule has 7 nitrogen and oxygen atoms in total. The van der Waals surface area contributed by atoms with Crippen LogP contribution in [0, 0.1) is 0 Å². The molecule has 29 heavy (non-hydrogen) atoms. The zero-order valence-electron chi connectivity index (χ0n) is 15.6. The van der Waals surface area contributed by atoms with Crippen molar-refractivity contribution in [2.24, 2.45) is 7.05 Å². The van der Waals surface area contributed by atoms with Gasteiger partial charge in [0.1, 0.15) is 15.9 Å². The van der Waals surface area contributed by atoms with Crippen molar-refractivity contribution in [1.82, 2.24) is 18.3 Å². The molecule has 0 saturated heterocycles. The lowest BCUT2D eigenvalue weighted by Gasteiger charge is -2.11. The molecule has 0 bridgehead atoms. The van der Waals surface area contributed by atoms with Crippen LogP contribution in [0.4, 0.5) is 5.69 Å². The molecule has 3 heterocycles. The van der Waals surface area contributed by atoms with E-state index in [1.807, 2.05) is 18.2 Å². The maximum absolute atomic E-state index is 12.9. The van der Waals surface area contributed by atoms with E-state index < -0.39 is 0 Å². The molecule has 0 spiro atoms. The van der Waals surface area contributed by atoms with E-state index in [0.29, 0.717) is 16.4 Å². The first-order valence-electron chi connectivity index (χ1n) is 9.27. The number of thioether (sulfide) groups is 1. The minimum absolute atomic E-state index is 0.0179. The topological polar surface area (TPSA) is 89.8 Å². The van der Waals surface area contributed by atoms with Gasteiger partial charge in [0.15, 0.2) is 5.16 Å². The molecule has 3 aromatic heterocycles. The lowest BCUT2D eigenvalue weighted by Crippen LogP contribution is -2.22. The molecule has 0 fully saturated rings. The van der Waals surface area contributed by atoms with Gasteiger partial charge in [-0.05, 0) is 43.4 Å². The molecule has 0 unspecified atom stereocenters. The molecular formula is C19H17N5O2S3. The molecular weight excluding hydrogens is 426 g/mol. The Bertz CT molecular complexity index is 1310. The summed E-state index contributed by atoms with van der Waals surface area (Å²) in [6.45, 7) is 0. The third-order valence-corrected chi connectivity index (χ3v) is 7.81. The van der Waals surface area contributed by atoms with E-state index in [4.69, 9.17) is 4.98 Å². The van der Waals surface area contributed by atoms with Gasteiger partial charge in [-0.25, -0.2) is 4.98 Å². The van der Waals surface area contributed by atoms with Gasteiger partial charge in [-0.15, -0.1) is 11.3 Å². The first-order chi connectivity index (χ1) is 14.1. The summed E-state index contributed by atoms with van der Waals surface area (Å²) >= 11 is 4.01. The fraction of sp³-hybridized carbons (Fsp3) is 0.316. The Kier molecular flexibility index (Phi) is 4.84. The minimum Gasteiger partial charge on any atom is -0.323 e. The molecule has 1 amide bonds. The number of aryl methyl sites for hydroxylation is 2. The van der Waals surface area contributed by atoms with Crippen LogP contribution in [0.2, 0.25) is 0 Å². The van der Waals surface area contributed by atoms with E-state index in [0.717, 1.165) is 46.7 Å². The van der Waals surface area contributed by atoms with Crippen LogP contribution in [0.15, 0.2) is 28.2 Å². The lowest BCUT2D eigenvalue weighted by atomic mass is 9.97. The number of carbonyl (C=O) groups excluding carboxylic acids is 1. The lowest BCUT2D eigenvalue weighted by molar-refractivity contribution is -0.113. The van der Waals surface area contributed by atoms with E-state index in [1.54, 1.807) is 23.0 Å². The second kappa shape index (κ2) is 7.51. The monoisotopic (exact) mass is 443 g/mol. The summed E-state index contributed by atoms with van der Waals surface area (Å²) in [5, 5.41) is 4.21. The van der Waals surface area contributed by atoms with Crippen LogP contribution in [0.3, 0.4) is 0 Å². The third-order valence-electron chi connectivity index (χ3n) is 5.05. The number of nitrogens with one attached hydrogen (secondary N) is 1. The van der Waals surface area contributed by atoms with Gasteiger partial charge in [-0.1, -0.05) is 17.8 Å². The number of hydrogen-bond acceptors (Lipinski definition) is 8. The fourth-order valence-electron chi connectivity index (χ4n) is 3.62. The smallest absolute Gasteiger partial charge is 0.262 e.